The molecule has 3 heterocycles. The van der Waals surface area contributed by atoms with Gasteiger partial charge in [-0.05, 0) is 36.0 Å². The summed E-state index contributed by atoms with van der Waals surface area (Å²) in [6.07, 6.45) is 2.26. The zero-order valence-corrected chi connectivity index (χ0v) is 15.1. The fourth-order valence-corrected chi connectivity index (χ4v) is 4.52. The number of thiazole rings is 1. The molecule has 0 amide bonds. The van der Waals surface area contributed by atoms with Crippen molar-refractivity contribution in [1.82, 2.24) is 9.97 Å². The summed E-state index contributed by atoms with van der Waals surface area (Å²) >= 11 is 1.64. The van der Waals surface area contributed by atoms with Crippen LogP contribution < -0.4 is 15.4 Å². The normalized spacial score (nSPS) is 15.7. The standard InChI is InChI=1S/C19H22N4OS/c1-24-17-7-6-16-18(22-17)25-19(21-16)23-10-8-13(9-11-23)15-5-3-2-4-14(15)12-20/h2-7,13H,8-12,20H2,1H3. The molecule has 6 heteroatoms. The Bertz CT molecular complexity index is 871. The van der Waals surface area contributed by atoms with Crippen LogP contribution in [0.5, 0.6) is 5.88 Å². The highest BCUT2D eigenvalue weighted by atomic mass is 32.1. The summed E-state index contributed by atoms with van der Waals surface area (Å²) in [5, 5.41) is 1.06. The monoisotopic (exact) mass is 354 g/mol. The van der Waals surface area contributed by atoms with Crippen molar-refractivity contribution in [3.63, 3.8) is 0 Å². The third kappa shape index (κ3) is 3.19. The first-order chi connectivity index (χ1) is 12.3. The van der Waals surface area contributed by atoms with E-state index in [0.29, 0.717) is 18.3 Å². The fourth-order valence-electron chi connectivity index (χ4n) is 3.54. The summed E-state index contributed by atoms with van der Waals surface area (Å²) in [5.74, 6) is 1.23. The molecule has 1 aromatic carbocycles. The van der Waals surface area contributed by atoms with E-state index in [9.17, 15) is 0 Å². The second kappa shape index (κ2) is 6.98. The first kappa shape index (κ1) is 16.3. The van der Waals surface area contributed by atoms with Crippen LogP contribution in [0.2, 0.25) is 0 Å². The van der Waals surface area contributed by atoms with E-state index in [-0.39, 0.29) is 0 Å². The maximum Gasteiger partial charge on any atom is 0.214 e. The number of rotatable bonds is 4. The van der Waals surface area contributed by atoms with Gasteiger partial charge in [0.15, 0.2) is 5.13 Å². The Balaban J connectivity index is 1.50. The van der Waals surface area contributed by atoms with E-state index >= 15 is 0 Å². The lowest BCUT2D eigenvalue weighted by atomic mass is 9.86. The van der Waals surface area contributed by atoms with Crippen molar-refractivity contribution in [3.05, 3.63) is 47.5 Å². The molecule has 0 atom stereocenters. The Hall–Kier alpha value is -2.18. The number of hydrogen-bond acceptors (Lipinski definition) is 6. The Morgan fingerprint density at radius 3 is 2.72 bits per heavy atom. The number of piperidine rings is 1. The molecule has 1 aliphatic rings. The first-order valence-electron chi connectivity index (χ1n) is 8.63. The van der Waals surface area contributed by atoms with Crippen LogP contribution in [-0.2, 0) is 6.54 Å². The first-order valence-corrected chi connectivity index (χ1v) is 9.44. The molecule has 3 aromatic rings. The van der Waals surface area contributed by atoms with E-state index in [2.05, 4.69) is 34.1 Å². The Labute approximate surface area is 151 Å². The number of aromatic nitrogens is 2. The molecule has 25 heavy (non-hydrogen) atoms. The van der Waals surface area contributed by atoms with Gasteiger partial charge in [-0.25, -0.2) is 9.97 Å². The zero-order valence-electron chi connectivity index (χ0n) is 14.3. The van der Waals surface area contributed by atoms with Crippen LogP contribution in [0.15, 0.2) is 36.4 Å². The van der Waals surface area contributed by atoms with Gasteiger partial charge in [0.25, 0.3) is 0 Å². The van der Waals surface area contributed by atoms with E-state index in [1.165, 1.54) is 11.1 Å². The van der Waals surface area contributed by atoms with Crippen molar-refractivity contribution in [3.8, 4) is 5.88 Å². The SMILES string of the molecule is COc1ccc2nc(N3CCC(c4ccccc4CN)CC3)sc2n1. The highest BCUT2D eigenvalue weighted by Crippen LogP contribution is 2.35. The fraction of sp³-hybridized carbons (Fsp3) is 0.368. The summed E-state index contributed by atoms with van der Waals surface area (Å²) in [4.78, 5) is 12.5. The molecule has 1 fully saturated rings. The van der Waals surface area contributed by atoms with Gasteiger partial charge in [0.05, 0.1) is 7.11 Å². The van der Waals surface area contributed by atoms with Gasteiger partial charge in [0.1, 0.15) is 10.3 Å². The van der Waals surface area contributed by atoms with Crippen molar-refractivity contribution in [2.24, 2.45) is 5.73 Å². The van der Waals surface area contributed by atoms with E-state index in [4.69, 9.17) is 15.5 Å². The molecule has 0 unspecified atom stereocenters. The van der Waals surface area contributed by atoms with Crippen LogP contribution in [0.25, 0.3) is 10.3 Å². The van der Waals surface area contributed by atoms with Gasteiger partial charge >= 0.3 is 0 Å². The number of pyridine rings is 1. The number of nitrogens with two attached hydrogens (primary N) is 1. The van der Waals surface area contributed by atoms with E-state index < -0.39 is 0 Å². The molecule has 2 N–H and O–H groups in total. The molecule has 0 saturated carbocycles. The van der Waals surface area contributed by atoms with Gasteiger partial charge in [-0.2, -0.15) is 0 Å². The van der Waals surface area contributed by atoms with Gasteiger partial charge in [-0.1, -0.05) is 35.6 Å². The maximum absolute atomic E-state index is 5.91. The number of nitrogens with zero attached hydrogens (tertiary/aromatic N) is 3. The number of fused-ring (bicyclic) bond motifs is 1. The van der Waals surface area contributed by atoms with Gasteiger partial charge in [0, 0.05) is 25.7 Å². The average molecular weight is 354 g/mol. The van der Waals surface area contributed by atoms with Crippen molar-refractivity contribution in [1.29, 1.82) is 0 Å². The second-order valence-electron chi connectivity index (χ2n) is 6.34. The quantitative estimate of drug-likeness (QED) is 0.776. The largest absolute Gasteiger partial charge is 0.481 e. The second-order valence-corrected chi connectivity index (χ2v) is 7.29. The Kier molecular flexibility index (Phi) is 4.55. The molecule has 0 radical (unpaired) electrons. The molecule has 5 nitrogen and oxygen atoms in total. The van der Waals surface area contributed by atoms with Gasteiger partial charge in [-0.15, -0.1) is 0 Å². The molecule has 4 rings (SSSR count). The van der Waals surface area contributed by atoms with E-state index in [1.807, 2.05) is 12.1 Å². The number of hydrogen-bond donors (Lipinski definition) is 1. The molecule has 1 saturated heterocycles. The third-order valence-corrected chi connectivity index (χ3v) is 5.93. The minimum absolute atomic E-state index is 0.587. The number of ether oxygens (including phenoxy) is 1. The van der Waals surface area contributed by atoms with Crippen LogP contribution >= 0.6 is 11.3 Å². The number of methoxy groups -OCH3 is 1. The van der Waals surface area contributed by atoms with Gasteiger partial charge < -0.3 is 15.4 Å². The predicted octanol–water partition coefficient (Wildman–Crippen LogP) is 3.54. The zero-order chi connectivity index (χ0) is 17.2. The molecule has 0 spiro atoms. The van der Waals surface area contributed by atoms with Crippen molar-refractivity contribution in [2.75, 3.05) is 25.1 Å². The summed E-state index contributed by atoms with van der Waals surface area (Å²) in [6, 6.07) is 12.4. The minimum Gasteiger partial charge on any atom is -0.481 e. The van der Waals surface area contributed by atoms with Crippen LogP contribution in [0, 0.1) is 0 Å². The van der Waals surface area contributed by atoms with Crippen LogP contribution in [-0.4, -0.2) is 30.2 Å². The molecule has 2 aromatic heterocycles. The van der Waals surface area contributed by atoms with Crippen molar-refractivity contribution in [2.45, 2.75) is 25.3 Å². The molecular weight excluding hydrogens is 332 g/mol. The van der Waals surface area contributed by atoms with Crippen LogP contribution in [0.3, 0.4) is 0 Å². The van der Waals surface area contributed by atoms with Gasteiger partial charge in [0.2, 0.25) is 5.88 Å². The van der Waals surface area contributed by atoms with Gasteiger partial charge in [-0.3, -0.25) is 0 Å². The highest BCUT2D eigenvalue weighted by molar-refractivity contribution is 7.21. The van der Waals surface area contributed by atoms with E-state index in [0.717, 1.165) is 41.4 Å². The van der Waals surface area contributed by atoms with Crippen LogP contribution in [0.1, 0.15) is 29.9 Å². The van der Waals surface area contributed by atoms with E-state index in [1.54, 1.807) is 18.4 Å². The van der Waals surface area contributed by atoms with Crippen LogP contribution in [0.4, 0.5) is 5.13 Å². The highest BCUT2D eigenvalue weighted by Gasteiger charge is 2.24. The lowest BCUT2D eigenvalue weighted by Crippen LogP contribution is -2.33. The third-order valence-electron chi connectivity index (χ3n) is 4.91. The molecule has 0 aliphatic carbocycles. The molecule has 1 aliphatic heterocycles. The lowest BCUT2D eigenvalue weighted by Gasteiger charge is -2.32. The number of benzene rings is 1. The molecular formula is C19H22N4OS. The predicted molar refractivity (Wildman–Crippen MR) is 102 cm³/mol. The molecule has 0 bridgehead atoms. The smallest absolute Gasteiger partial charge is 0.214 e. The topological polar surface area (TPSA) is 64.3 Å². The summed E-state index contributed by atoms with van der Waals surface area (Å²) < 4.78 is 5.21. The van der Waals surface area contributed by atoms with Crippen molar-refractivity contribution < 1.29 is 4.74 Å². The average Bonchev–Trinajstić information content (AvgIpc) is 3.11. The Morgan fingerprint density at radius 2 is 1.96 bits per heavy atom. The summed E-state index contributed by atoms with van der Waals surface area (Å²) in [7, 11) is 1.64. The van der Waals surface area contributed by atoms with Crippen molar-refractivity contribution >= 4 is 26.8 Å². The molecule has 130 valence electrons. The Morgan fingerprint density at radius 1 is 1.16 bits per heavy atom. The maximum atomic E-state index is 5.91. The minimum atomic E-state index is 0.587. The summed E-state index contributed by atoms with van der Waals surface area (Å²) in [6.45, 7) is 2.64. The summed E-state index contributed by atoms with van der Waals surface area (Å²) in [5.41, 5.74) is 9.54. The lowest BCUT2D eigenvalue weighted by molar-refractivity contribution is 0.400. The number of anilines is 1.